The van der Waals surface area contributed by atoms with Crippen LogP contribution in [0, 0.1) is 0 Å². The second-order valence-corrected chi connectivity index (χ2v) is 10.5. The van der Waals surface area contributed by atoms with Crippen LogP contribution in [0.4, 0.5) is 57.3 Å². The van der Waals surface area contributed by atoms with Crippen molar-refractivity contribution in [3.05, 3.63) is 22.7 Å². The van der Waals surface area contributed by atoms with Crippen molar-refractivity contribution in [2.24, 2.45) is 10.2 Å². The Kier molecular flexibility index (Phi) is 14.7. The van der Waals surface area contributed by atoms with Crippen molar-refractivity contribution in [3.8, 4) is 0 Å². The SMILES string of the molecule is CCC1CCc2cc(N=Nc3nnc(C(=O)OC(F)(F)C(F)(F)F)s3)c(NS(=O)C(F)F)cc2N1C.CCCC.CF. The maximum absolute atomic E-state index is 12.9. The zero-order valence-corrected chi connectivity index (χ0v) is 24.8. The average molecular weight is 655 g/mol. The molecule has 0 saturated carbocycles. The van der Waals surface area contributed by atoms with Gasteiger partial charge in [-0.25, -0.2) is 9.00 Å². The first-order chi connectivity index (χ1) is 19.6. The summed E-state index contributed by atoms with van der Waals surface area (Å²) in [6.45, 7) is 6.36. The van der Waals surface area contributed by atoms with Crippen molar-refractivity contribution >= 4 is 50.5 Å². The Bertz CT molecular complexity index is 1210. The summed E-state index contributed by atoms with van der Waals surface area (Å²) in [5.41, 5.74) is 1.40. The highest BCUT2D eigenvalue weighted by molar-refractivity contribution is 7.86. The fourth-order valence-corrected chi connectivity index (χ4v) is 4.32. The van der Waals surface area contributed by atoms with E-state index >= 15 is 0 Å². The third kappa shape index (κ3) is 10.1. The first-order valence-corrected chi connectivity index (χ1v) is 14.3. The molecule has 1 aliphatic rings. The van der Waals surface area contributed by atoms with Crippen molar-refractivity contribution in [1.29, 1.82) is 0 Å². The number of azo groups is 1. The maximum Gasteiger partial charge on any atom is 0.501 e. The summed E-state index contributed by atoms with van der Waals surface area (Å²) in [5, 5.41) is 12.6. The molecule has 0 saturated heterocycles. The van der Waals surface area contributed by atoms with Gasteiger partial charge in [-0.2, -0.15) is 30.7 Å². The topological polar surface area (TPSA) is 109 Å². The number of esters is 1. The number of unbranched alkanes of at least 4 members (excludes halogenated alkanes) is 1. The van der Waals surface area contributed by atoms with E-state index in [2.05, 4.69) is 43.7 Å². The molecular formula is C23H30F8N6O3S2. The minimum Gasteiger partial charge on any atom is -0.388 e. The van der Waals surface area contributed by atoms with Crippen LogP contribution in [0.15, 0.2) is 22.4 Å². The van der Waals surface area contributed by atoms with Gasteiger partial charge in [0, 0.05) is 18.8 Å². The molecule has 1 aromatic heterocycles. The lowest BCUT2D eigenvalue weighted by molar-refractivity contribution is -0.370. The molecule has 0 spiro atoms. The predicted octanol–water partition coefficient (Wildman–Crippen LogP) is 8.12. The van der Waals surface area contributed by atoms with Gasteiger partial charge in [-0.05, 0) is 37.0 Å². The van der Waals surface area contributed by atoms with E-state index in [-0.39, 0.29) is 28.8 Å². The third-order valence-corrected chi connectivity index (χ3v) is 7.13. The molecule has 2 heterocycles. The Morgan fingerprint density at radius 3 is 2.29 bits per heavy atom. The van der Waals surface area contributed by atoms with Gasteiger partial charge in [0.1, 0.15) is 5.69 Å². The summed E-state index contributed by atoms with van der Waals surface area (Å²) < 4.78 is 115. The number of nitrogens with zero attached hydrogens (tertiary/aromatic N) is 5. The van der Waals surface area contributed by atoms with Crippen LogP contribution in [0.2, 0.25) is 0 Å². The molecule has 1 aliphatic heterocycles. The van der Waals surface area contributed by atoms with Gasteiger partial charge in [0.15, 0.2) is 11.0 Å². The molecule has 0 bridgehead atoms. The van der Waals surface area contributed by atoms with E-state index in [1.165, 1.54) is 25.0 Å². The number of anilines is 2. The highest BCUT2D eigenvalue weighted by Gasteiger charge is 2.62. The van der Waals surface area contributed by atoms with Crippen LogP contribution in [0.25, 0.3) is 0 Å². The number of carbonyl (C=O) groups excluding carboxylic acids is 1. The number of fused-ring (bicyclic) bond motifs is 1. The number of carbonyl (C=O) groups is 1. The van der Waals surface area contributed by atoms with Crippen LogP contribution in [-0.2, 0) is 22.1 Å². The number of hydrogen-bond donors (Lipinski definition) is 1. The minimum atomic E-state index is -6.13. The lowest BCUT2D eigenvalue weighted by Crippen LogP contribution is -2.40. The molecule has 2 atom stereocenters. The van der Waals surface area contributed by atoms with Crippen molar-refractivity contribution in [1.82, 2.24) is 10.2 Å². The molecule has 2 aromatic rings. The molecule has 19 heteroatoms. The van der Waals surface area contributed by atoms with E-state index in [4.69, 9.17) is 0 Å². The normalized spacial score (nSPS) is 15.8. The monoisotopic (exact) mass is 654 g/mol. The van der Waals surface area contributed by atoms with Crippen molar-refractivity contribution in [2.45, 2.75) is 77.0 Å². The minimum absolute atomic E-state index is 0.0333. The zero-order valence-electron chi connectivity index (χ0n) is 23.1. The molecule has 1 N–H and O–H groups in total. The lowest BCUT2D eigenvalue weighted by atomic mass is 9.94. The first-order valence-electron chi connectivity index (χ1n) is 12.3. The molecule has 238 valence electrons. The van der Waals surface area contributed by atoms with Gasteiger partial charge < -0.3 is 9.64 Å². The quantitative estimate of drug-likeness (QED) is 0.166. The second-order valence-electron chi connectivity index (χ2n) is 8.36. The number of aryl methyl sites for hydroxylation is 1. The van der Waals surface area contributed by atoms with E-state index < -0.39 is 45.1 Å². The Morgan fingerprint density at radius 1 is 1.14 bits per heavy atom. The number of alkyl halides is 8. The number of aromatic nitrogens is 2. The summed E-state index contributed by atoms with van der Waals surface area (Å²) in [4.78, 5) is 13.5. The number of benzene rings is 1. The number of ether oxygens (including phenoxy) is 1. The van der Waals surface area contributed by atoms with Gasteiger partial charge in [0.25, 0.3) is 5.13 Å². The molecule has 0 aliphatic carbocycles. The van der Waals surface area contributed by atoms with E-state index in [1.807, 2.05) is 18.9 Å². The van der Waals surface area contributed by atoms with Crippen molar-refractivity contribution in [2.75, 3.05) is 23.8 Å². The molecular weight excluding hydrogens is 624 g/mol. The Hall–Kier alpha value is -2.96. The molecule has 0 fully saturated rings. The molecule has 9 nitrogen and oxygen atoms in total. The van der Waals surface area contributed by atoms with Crippen molar-refractivity contribution < 1.29 is 48.9 Å². The predicted molar refractivity (Wildman–Crippen MR) is 143 cm³/mol. The maximum atomic E-state index is 12.9. The largest absolute Gasteiger partial charge is 0.501 e. The molecule has 0 amide bonds. The van der Waals surface area contributed by atoms with Gasteiger partial charge >= 0.3 is 24.0 Å². The highest BCUT2D eigenvalue weighted by Crippen LogP contribution is 2.40. The van der Waals surface area contributed by atoms with Gasteiger partial charge in [0.05, 0.1) is 12.9 Å². The molecule has 2 unspecified atom stereocenters. The molecule has 0 radical (unpaired) electrons. The average Bonchev–Trinajstić information content (AvgIpc) is 3.42. The van der Waals surface area contributed by atoms with Crippen LogP contribution in [0.5, 0.6) is 0 Å². The second kappa shape index (κ2) is 16.6. The summed E-state index contributed by atoms with van der Waals surface area (Å²) in [6.07, 6.45) is -6.97. The van der Waals surface area contributed by atoms with E-state index in [0.29, 0.717) is 19.3 Å². The van der Waals surface area contributed by atoms with E-state index in [0.717, 1.165) is 18.4 Å². The Morgan fingerprint density at radius 2 is 1.76 bits per heavy atom. The summed E-state index contributed by atoms with van der Waals surface area (Å²) >= 11 is 0.202. The van der Waals surface area contributed by atoms with Crippen LogP contribution >= 0.6 is 11.3 Å². The highest BCUT2D eigenvalue weighted by atomic mass is 32.2. The van der Waals surface area contributed by atoms with Gasteiger partial charge in [-0.1, -0.05) is 44.9 Å². The van der Waals surface area contributed by atoms with Crippen LogP contribution < -0.4 is 9.62 Å². The first kappa shape index (κ1) is 37.1. The van der Waals surface area contributed by atoms with Gasteiger partial charge in [-0.3, -0.25) is 9.11 Å². The molecule has 1 aromatic carbocycles. The summed E-state index contributed by atoms with van der Waals surface area (Å²) in [7, 11) is -0.451. The zero-order chi connectivity index (χ0) is 32.3. The van der Waals surface area contributed by atoms with Crippen LogP contribution in [0.3, 0.4) is 0 Å². The van der Waals surface area contributed by atoms with Crippen LogP contribution in [-0.4, -0.2) is 58.7 Å². The standard InChI is InChI=1S/C18H17F7N6O3S2.C4H10.CH3F/c1-3-9-5-4-8-6-10(11(7-12(8)31(9)2)30-36(33)15(19)20)26-28-16-29-27-13(35-16)14(32)34-18(24,25)17(21,22)23;1-3-4-2;1-2/h6-7,9,15,30H,3-5H2,1-2H3;3-4H2,1-2H3;1H3. The summed E-state index contributed by atoms with van der Waals surface area (Å²) in [5.74, 6) is -5.30. The summed E-state index contributed by atoms with van der Waals surface area (Å²) in [6, 6.07) is 3.20. The third-order valence-electron chi connectivity index (χ3n) is 5.60. The van der Waals surface area contributed by atoms with Crippen molar-refractivity contribution in [3.63, 3.8) is 0 Å². The Balaban J connectivity index is 0.00000135. The van der Waals surface area contributed by atoms with E-state index in [9.17, 15) is 44.1 Å². The Labute approximate surface area is 243 Å². The number of rotatable bonds is 9. The van der Waals surface area contributed by atoms with Gasteiger partial charge in [-0.15, -0.1) is 20.4 Å². The molecule has 3 rings (SSSR count). The fraction of sp³-hybridized carbons (Fsp3) is 0.609. The van der Waals surface area contributed by atoms with Crippen LogP contribution in [0.1, 0.15) is 61.8 Å². The van der Waals surface area contributed by atoms with Gasteiger partial charge in [0.2, 0.25) is 5.01 Å². The fourth-order valence-electron chi connectivity index (χ4n) is 3.31. The van der Waals surface area contributed by atoms with E-state index in [1.54, 1.807) is 0 Å². The smallest absolute Gasteiger partial charge is 0.388 e. The number of halogens is 8. The number of nitrogens with one attached hydrogen (secondary N) is 1. The number of hydrogen-bond acceptors (Lipinski definition) is 9. The lowest BCUT2D eigenvalue weighted by Gasteiger charge is -2.36. The molecule has 42 heavy (non-hydrogen) atoms.